The van der Waals surface area contributed by atoms with Gasteiger partial charge >= 0.3 is 0 Å². The number of sulfonamides is 1. The molecular formula is C29H31Cl3FN3O4S. The van der Waals surface area contributed by atoms with Crippen molar-refractivity contribution in [2.24, 2.45) is 0 Å². The molecule has 0 aliphatic carbocycles. The molecule has 0 aliphatic rings. The van der Waals surface area contributed by atoms with Crippen molar-refractivity contribution < 1.29 is 22.4 Å². The Hall–Kier alpha value is -2.85. The molecule has 0 aliphatic heterocycles. The maximum atomic E-state index is 14.1. The number of benzene rings is 3. The lowest BCUT2D eigenvalue weighted by Gasteiger charge is -2.34. The van der Waals surface area contributed by atoms with Gasteiger partial charge in [-0.3, -0.25) is 13.9 Å². The quantitative estimate of drug-likeness (QED) is 0.259. The van der Waals surface area contributed by atoms with Crippen LogP contribution in [0.3, 0.4) is 0 Å². The highest BCUT2D eigenvalue weighted by atomic mass is 35.5. The van der Waals surface area contributed by atoms with Crippen LogP contribution in [-0.2, 0) is 32.6 Å². The molecule has 3 aromatic rings. The van der Waals surface area contributed by atoms with Crippen LogP contribution >= 0.6 is 34.8 Å². The molecule has 7 nitrogen and oxygen atoms in total. The molecule has 0 unspecified atom stereocenters. The van der Waals surface area contributed by atoms with E-state index in [1.54, 1.807) is 12.1 Å². The number of halogens is 4. The Kier molecular flexibility index (Phi) is 11.4. The minimum absolute atomic E-state index is 0.000362. The van der Waals surface area contributed by atoms with E-state index in [4.69, 9.17) is 34.8 Å². The van der Waals surface area contributed by atoms with Gasteiger partial charge in [0, 0.05) is 29.1 Å². The van der Waals surface area contributed by atoms with Crippen LogP contribution in [0.2, 0.25) is 15.1 Å². The standard InChI is InChI=1S/C29H31Cl3FN3O4S/c1-4-19(2)34-29(38)27(14-20-8-6-5-7-9-20)35(17-21-10-11-22(30)15-24(21)31)28(37)18-36(41(3,39)40)23-12-13-26(33)25(32)16-23/h5-13,15-16,19,27H,4,14,17-18H2,1-3H3,(H,34,38)/t19-,27-/m1/s1. The zero-order valence-electron chi connectivity index (χ0n) is 22.8. The van der Waals surface area contributed by atoms with Gasteiger partial charge in [-0.1, -0.05) is 78.1 Å². The van der Waals surface area contributed by atoms with Gasteiger partial charge in [-0.15, -0.1) is 0 Å². The second-order valence-corrected chi connectivity index (χ2v) is 12.8. The molecule has 3 rings (SSSR count). The molecule has 12 heteroatoms. The Bertz CT molecular complexity index is 1490. The van der Waals surface area contributed by atoms with E-state index in [1.165, 1.54) is 17.0 Å². The van der Waals surface area contributed by atoms with E-state index in [2.05, 4.69) is 5.32 Å². The van der Waals surface area contributed by atoms with E-state index in [0.717, 1.165) is 28.3 Å². The van der Waals surface area contributed by atoms with E-state index in [0.29, 0.717) is 17.0 Å². The van der Waals surface area contributed by atoms with Gasteiger partial charge in [-0.25, -0.2) is 12.8 Å². The normalized spacial score (nSPS) is 12.9. The molecule has 0 saturated carbocycles. The third-order valence-electron chi connectivity index (χ3n) is 6.50. The fourth-order valence-corrected chi connectivity index (χ4v) is 5.57. The van der Waals surface area contributed by atoms with Crippen LogP contribution in [0.4, 0.5) is 10.1 Å². The Labute approximate surface area is 255 Å². The fourth-order valence-electron chi connectivity index (χ4n) is 4.08. The number of hydrogen-bond donors (Lipinski definition) is 1. The summed E-state index contributed by atoms with van der Waals surface area (Å²) in [5.74, 6) is -1.82. The summed E-state index contributed by atoms with van der Waals surface area (Å²) >= 11 is 18.5. The van der Waals surface area contributed by atoms with Crippen LogP contribution in [0, 0.1) is 5.82 Å². The van der Waals surface area contributed by atoms with Crippen molar-refractivity contribution in [2.75, 3.05) is 17.1 Å². The molecule has 0 saturated heterocycles. The van der Waals surface area contributed by atoms with E-state index in [9.17, 15) is 22.4 Å². The van der Waals surface area contributed by atoms with Crippen molar-refractivity contribution in [1.29, 1.82) is 0 Å². The monoisotopic (exact) mass is 641 g/mol. The molecule has 0 spiro atoms. The number of hydrogen-bond acceptors (Lipinski definition) is 4. The Balaban J connectivity index is 2.10. The highest BCUT2D eigenvalue weighted by Crippen LogP contribution is 2.27. The van der Waals surface area contributed by atoms with Crippen LogP contribution in [-0.4, -0.2) is 50.0 Å². The van der Waals surface area contributed by atoms with Crippen molar-refractivity contribution >= 4 is 62.3 Å². The van der Waals surface area contributed by atoms with E-state index < -0.39 is 40.2 Å². The lowest BCUT2D eigenvalue weighted by Crippen LogP contribution is -2.54. The molecule has 1 N–H and O–H groups in total. The minimum Gasteiger partial charge on any atom is -0.352 e. The molecule has 220 valence electrons. The highest BCUT2D eigenvalue weighted by molar-refractivity contribution is 7.92. The van der Waals surface area contributed by atoms with Gasteiger partial charge in [0.05, 0.1) is 17.0 Å². The number of rotatable bonds is 12. The molecule has 0 heterocycles. The van der Waals surface area contributed by atoms with Crippen molar-refractivity contribution in [2.45, 2.75) is 45.3 Å². The number of amides is 2. The first-order valence-corrected chi connectivity index (χ1v) is 15.8. The van der Waals surface area contributed by atoms with Crippen LogP contribution < -0.4 is 9.62 Å². The summed E-state index contributed by atoms with van der Waals surface area (Å²) in [6, 6.07) is 16.1. The van der Waals surface area contributed by atoms with Crippen molar-refractivity contribution in [3.05, 3.63) is 98.7 Å². The first-order valence-electron chi connectivity index (χ1n) is 12.8. The van der Waals surface area contributed by atoms with E-state index in [-0.39, 0.29) is 34.7 Å². The minimum atomic E-state index is -4.03. The van der Waals surface area contributed by atoms with Crippen LogP contribution in [0.5, 0.6) is 0 Å². The second kappa shape index (κ2) is 14.4. The predicted octanol–water partition coefficient (Wildman–Crippen LogP) is 6.11. The molecule has 41 heavy (non-hydrogen) atoms. The molecular weight excluding hydrogens is 612 g/mol. The van der Waals surface area contributed by atoms with Gasteiger partial charge in [-0.2, -0.15) is 0 Å². The van der Waals surface area contributed by atoms with Crippen LogP contribution in [0.1, 0.15) is 31.4 Å². The third kappa shape index (κ3) is 9.07. The maximum Gasteiger partial charge on any atom is 0.244 e. The smallest absolute Gasteiger partial charge is 0.244 e. The summed E-state index contributed by atoms with van der Waals surface area (Å²) < 4.78 is 40.3. The molecule has 0 fully saturated rings. The Morgan fingerprint density at radius 3 is 2.24 bits per heavy atom. The van der Waals surface area contributed by atoms with Gasteiger partial charge < -0.3 is 10.2 Å². The molecule has 2 amide bonds. The Morgan fingerprint density at radius 2 is 1.66 bits per heavy atom. The summed E-state index contributed by atoms with van der Waals surface area (Å²) in [5.41, 5.74) is 1.30. The summed E-state index contributed by atoms with van der Waals surface area (Å²) in [7, 11) is -4.03. The highest BCUT2D eigenvalue weighted by Gasteiger charge is 2.34. The van der Waals surface area contributed by atoms with Gasteiger partial charge in [0.15, 0.2) is 0 Å². The van der Waals surface area contributed by atoms with Crippen molar-refractivity contribution in [3.63, 3.8) is 0 Å². The zero-order valence-corrected chi connectivity index (χ0v) is 25.9. The lowest BCUT2D eigenvalue weighted by molar-refractivity contribution is -0.140. The van der Waals surface area contributed by atoms with Crippen LogP contribution in [0.25, 0.3) is 0 Å². The fraction of sp³-hybridized carbons (Fsp3) is 0.310. The second-order valence-electron chi connectivity index (χ2n) is 9.65. The average molecular weight is 643 g/mol. The van der Waals surface area contributed by atoms with Gasteiger partial charge in [-0.05, 0) is 54.8 Å². The summed E-state index contributed by atoms with van der Waals surface area (Å²) in [4.78, 5) is 29.0. The number of carbonyl (C=O) groups excluding carboxylic acids is 2. The molecule has 0 radical (unpaired) electrons. The summed E-state index contributed by atoms with van der Waals surface area (Å²) in [6.45, 7) is 2.99. The van der Waals surface area contributed by atoms with Gasteiger partial charge in [0.25, 0.3) is 0 Å². The number of carbonyl (C=O) groups is 2. The first kappa shape index (κ1) is 32.7. The van der Waals surface area contributed by atoms with E-state index in [1.807, 2.05) is 44.2 Å². The third-order valence-corrected chi connectivity index (χ3v) is 8.52. The lowest BCUT2D eigenvalue weighted by atomic mass is 10.0. The first-order chi connectivity index (χ1) is 19.3. The van der Waals surface area contributed by atoms with Gasteiger partial charge in [0.1, 0.15) is 18.4 Å². The van der Waals surface area contributed by atoms with Gasteiger partial charge in [0.2, 0.25) is 21.8 Å². The molecule has 0 aromatic heterocycles. The predicted molar refractivity (Wildman–Crippen MR) is 162 cm³/mol. The molecule has 2 atom stereocenters. The van der Waals surface area contributed by atoms with Crippen molar-refractivity contribution in [1.82, 2.24) is 10.2 Å². The maximum absolute atomic E-state index is 14.1. The topological polar surface area (TPSA) is 86.8 Å². The number of anilines is 1. The average Bonchev–Trinajstić information content (AvgIpc) is 2.91. The summed E-state index contributed by atoms with van der Waals surface area (Å²) in [5, 5.41) is 3.31. The molecule has 3 aromatic carbocycles. The summed E-state index contributed by atoms with van der Waals surface area (Å²) in [6.07, 6.45) is 1.74. The largest absolute Gasteiger partial charge is 0.352 e. The van der Waals surface area contributed by atoms with E-state index >= 15 is 0 Å². The zero-order chi connectivity index (χ0) is 30.3. The van der Waals surface area contributed by atoms with Crippen molar-refractivity contribution in [3.8, 4) is 0 Å². The Morgan fingerprint density at radius 1 is 0.976 bits per heavy atom. The number of nitrogens with zero attached hydrogens (tertiary/aromatic N) is 2. The SMILES string of the molecule is CC[C@@H](C)NC(=O)[C@@H](Cc1ccccc1)N(Cc1ccc(Cl)cc1Cl)C(=O)CN(c1ccc(F)c(Cl)c1)S(C)(=O)=O. The number of nitrogens with one attached hydrogen (secondary N) is 1. The molecule has 0 bridgehead atoms. The van der Waals surface area contributed by atoms with Crippen LogP contribution in [0.15, 0.2) is 66.7 Å².